The maximum Gasteiger partial charge on any atom is 0.221 e. The van der Waals surface area contributed by atoms with E-state index >= 15 is 0 Å². The molecular weight excluding hydrogens is 408 g/mol. The van der Waals surface area contributed by atoms with Gasteiger partial charge in [0.2, 0.25) is 5.91 Å². The molecule has 2 aromatic rings. The van der Waals surface area contributed by atoms with Crippen molar-refractivity contribution >= 4 is 24.0 Å². The molecule has 0 radical (unpaired) electrons. The Morgan fingerprint density at radius 1 is 1.06 bits per heavy atom. The number of likely N-dealkylation sites (tertiary alicyclic amines) is 1. The van der Waals surface area contributed by atoms with Gasteiger partial charge in [0, 0.05) is 25.8 Å². The predicted octanol–water partition coefficient (Wildman–Crippen LogP) is 5.71. The fourth-order valence-electron chi connectivity index (χ4n) is 4.64. The van der Waals surface area contributed by atoms with Crippen LogP contribution in [-0.4, -0.2) is 36.6 Å². The maximum atomic E-state index is 11.2. The molecule has 0 saturated carbocycles. The lowest BCUT2D eigenvalue weighted by molar-refractivity contribution is -0.114. The summed E-state index contributed by atoms with van der Waals surface area (Å²) < 4.78 is 6.12. The van der Waals surface area contributed by atoms with Crippen LogP contribution in [-0.2, 0) is 22.5 Å². The maximum absolute atomic E-state index is 11.2. The molecule has 1 atom stereocenters. The van der Waals surface area contributed by atoms with Crippen molar-refractivity contribution in [3.05, 3.63) is 65.7 Å². The van der Waals surface area contributed by atoms with E-state index in [4.69, 9.17) is 4.74 Å². The van der Waals surface area contributed by atoms with Crippen molar-refractivity contribution in [3.8, 4) is 0 Å². The molecule has 31 heavy (non-hydrogen) atoms. The summed E-state index contributed by atoms with van der Waals surface area (Å²) >= 11 is 0. The number of carbonyl (C=O) groups excluding carboxylic acids is 1. The molecule has 1 heterocycles. The van der Waals surface area contributed by atoms with E-state index in [1.54, 1.807) is 0 Å². The molecule has 1 saturated heterocycles. The average Bonchev–Trinajstić information content (AvgIpc) is 2.75. The zero-order valence-electron chi connectivity index (χ0n) is 19.1. The van der Waals surface area contributed by atoms with Crippen molar-refractivity contribution in [2.45, 2.75) is 59.1 Å². The Hall–Kier alpha value is -1.88. The highest BCUT2D eigenvalue weighted by molar-refractivity contribution is 5.88. The van der Waals surface area contributed by atoms with Crippen LogP contribution in [0.15, 0.2) is 54.6 Å². The summed E-state index contributed by atoms with van der Waals surface area (Å²) in [5.74, 6) is -0.0333. The molecule has 170 valence electrons. The van der Waals surface area contributed by atoms with Gasteiger partial charge in [-0.15, -0.1) is 12.4 Å². The van der Waals surface area contributed by atoms with Crippen LogP contribution in [0.2, 0.25) is 0 Å². The van der Waals surface area contributed by atoms with Crippen LogP contribution in [0.5, 0.6) is 0 Å². The van der Waals surface area contributed by atoms with Gasteiger partial charge in [-0.3, -0.25) is 9.69 Å². The third-order valence-corrected chi connectivity index (χ3v) is 6.57. The van der Waals surface area contributed by atoms with Crippen LogP contribution in [0.1, 0.15) is 51.2 Å². The normalized spacial score (nSPS) is 16.9. The number of rotatable bonds is 9. The average molecular weight is 445 g/mol. The molecule has 0 aliphatic carbocycles. The largest absolute Gasteiger partial charge is 0.378 e. The third kappa shape index (κ3) is 7.34. The molecule has 2 aromatic carbocycles. The number of nitrogens with zero attached hydrogens (tertiary/aromatic N) is 1. The Kier molecular flexibility index (Phi) is 10.0. The summed E-state index contributed by atoms with van der Waals surface area (Å²) in [5, 5.41) is 2.83. The Morgan fingerprint density at radius 2 is 1.71 bits per heavy atom. The summed E-state index contributed by atoms with van der Waals surface area (Å²) in [6.07, 6.45) is 4.92. The number of benzene rings is 2. The number of aryl methyl sites for hydroxylation is 1. The first-order valence-electron chi connectivity index (χ1n) is 11.3. The summed E-state index contributed by atoms with van der Waals surface area (Å²) in [6, 6.07) is 19.0. The Bertz CT molecular complexity index is 787. The highest BCUT2D eigenvalue weighted by atomic mass is 35.5. The van der Waals surface area contributed by atoms with E-state index in [9.17, 15) is 4.79 Å². The molecular formula is C26H37ClN2O2. The van der Waals surface area contributed by atoms with Crippen molar-refractivity contribution < 1.29 is 9.53 Å². The highest BCUT2D eigenvalue weighted by Crippen LogP contribution is 2.41. The Labute approximate surface area is 193 Å². The summed E-state index contributed by atoms with van der Waals surface area (Å²) in [5.41, 5.74) is 3.81. The SMILES string of the molecule is CCOC(C)C1(CCc2ccccc2)CCN(Cc2ccc(NC(C)=O)cc2)CC1.Cl. The molecule has 1 aliphatic heterocycles. The van der Waals surface area contributed by atoms with Gasteiger partial charge in [-0.1, -0.05) is 42.5 Å². The monoisotopic (exact) mass is 444 g/mol. The van der Waals surface area contributed by atoms with Crippen molar-refractivity contribution in [1.82, 2.24) is 4.90 Å². The van der Waals surface area contributed by atoms with Crippen LogP contribution >= 0.6 is 12.4 Å². The molecule has 0 spiro atoms. The second kappa shape index (κ2) is 12.2. The number of hydrogen-bond acceptors (Lipinski definition) is 3. The minimum Gasteiger partial charge on any atom is -0.378 e. The van der Waals surface area contributed by atoms with Crippen molar-refractivity contribution in [2.75, 3.05) is 25.0 Å². The van der Waals surface area contributed by atoms with Gasteiger partial charge in [-0.05, 0) is 81.3 Å². The van der Waals surface area contributed by atoms with Crippen molar-refractivity contribution in [2.24, 2.45) is 5.41 Å². The summed E-state index contributed by atoms with van der Waals surface area (Å²) in [4.78, 5) is 13.7. The molecule has 1 aliphatic rings. The van der Waals surface area contributed by atoms with Gasteiger partial charge in [-0.2, -0.15) is 0 Å². The van der Waals surface area contributed by atoms with Gasteiger partial charge in [0.1, 0.15) is 0 Å². The van der Waals surface area contributed by atoms with Gasteiger partial charge in [0.25, 0.3) is 0 Å². The first kappa shape index (κ1) is 25.4. The van der Waals surface area contributed by atoms with Crippen LogP contribution < -0.4 is 5.32 Å². The second-order valence-corrected chi connectivity index (χ2v) is 8.60. The lowest BCUT2D eigenvalue weighted by Gasteiger charge is -2.45. The van der Waals surface area contributed by atoms with Gasteiger partial charge in [-0.25, -0.2) is 0 Å². The molecule has 0 aromatic heterocycles. The molecule has 0 bridgehead atoms. The van der Waals surface area contributed by atoms with Crippen molar-refractivity contribution in [1.29, 1.82) is 0 Å². The number of amides is 1. The summed E-state index contributed by atoms with van der Waals surface area (Å²) in [6.45, 7) is 9.83. The topological polar surface area (TPSA) is 41.6 Å². The van der Waals surface area contributed by atoms with Crippen LogP contribution in [0.4, 0.5) is 5.69 Å². The first-order valence-corrected chi connectivity index (χ1v) is 11.3. The zero-order chi connectivity index (χ0) is 21.4. The number of nitrogens with one attached hydrogen (secondary N) is 1. The van der Waals surface area contributed by atoms with Gasteiger partial charge in [0.05, 0.1) is 6.10 Å². The number of ether oxygens (including phenoxy) is 1. The number of anilines is 1. The van der Waals surface area contributed by atoms with Gasteiger partial charge in [0.15, 0.2) is 0 Å². The molecule has 5 heteroatoms. The van der Waals surface area contributed by atoms with Gasteiger partial charge >= 0.3 is 0 Å². The number of halogens is 1. The number of hydrogen-bond donors (Lipinski definition) is 1. The van der Waals surface area contributed by atoms with E-state index in [0.29, 0.717) is 0 Å². The molecule has 1 amide bonds. The molecule has 4 nitrogen and oxygen atoms in total. The van der Waals surface area contributed by atoms with E-state index in [-0.39, 0.29) is 29.8 Å². The molecule has 1 fully saturated rings. The zero-order valence-corrected chi connectivity index (χ0v) is 19.9. The van der Waals surface area contributed by atoms with Crippen LogP contribution in [0.3, 0.4) is 0 Å². The van der Waals surface area contributed by atoms with E-state index < -0.39 is 0 Å². The van der Waals surface area contributed by atoms with Crippen molar-refractivity contribution in [3.63, 3.8) is 0 Å². The third-order valence-electron chi connectivity index (χ3n) is 6.57. The number of carbonyl (C=O) groups is 1. The Morgan fingerprint density at radius 3 is 2.29 bits per heavy atom. The lowest BCUT2D eigenvalue weighted by Crippen LogP contribution is -2.46. The van der Waals surface area contributed by atoms with E-state index in [1.807, 2.05) is 12.1 Å². The highest BCUT2D eigenvalue weighted by Gasteiger charge is 2.39. The molecule has 1 N–H and O–H groups in total. The van der Waals surface area contributed by atoms with Crippen LogP contribution in [0, 0.1) is 5.41 Å². The fourth-order valence-corrected chi connectivity index (χ4v) is 4.64. The minimum absolute atomic E-state index is 0. The predicted molar refractivity (Wildman–Crippen MR) is 131 cm³/mol. The minimum atomic E-state index is -0.0333. The standard InChI is InChI=1S/C26H36N2O2.ClH/c1-4-30-21(2)26(15-14-23-8-6-5-7-9-23)16-18-28(19-17-26)20-24-10-12-25(13-11-24)27-22(3)29;/h5-13,21H,4,14-20H2,1-3H3,(H,27,29);1H. The molecule has 1 unspecified atom stereocenters. The number of piperidine rings is 1. The quantitative estimate of drug-likeness (QED) is 0.538. The summed E-state index contributed by atoms with van der Waals surface area (Å²) in [7, 11) is 0. The Balaban J connectivity index is 0.00000341. The second-order valence-electron chi connectivity index (χ2n) is 8.60. The smallest absolute Gasteiger partial charge is 0.221 e. The van der Waals surface area contributed by atoms with E-state index in [0.717, 1.165) is 38.3 Å². The fraction of sp³-hybridized carbons (Fsp3) is 0.500. The first-order chi connectivity index (χ1) is 14.5. The van der Waals surface area contributed by atoms with Gasteiger partial charge < -0.3 is 10.1 Å². The van der Waals surface area contributed by atoms with E-state index in [1.165, 1.54) is 37.3 Å². The lowest BCUT2D eigenvalue weighted by atomic mass is 9.70. The van der Waals surface area contributed by atoms with E-state index in [2.05, 4.69) is 66.5 Å². The van der Waals surface area contributed by atoms with Crippen LogP contribution in [0.25, 0.3) is 0 Å². The molecule has 3 rings (SSSR count).